The molecule has 9 heavy (non-hydrogen) atoms. The molecule has 3 nitrogen and oxygen atoms in total. The van der Waals surface area contributed by atoms with Gasteiger partial charge in [-0.15, -0.1) is 5.10 Å². The van der Waals surface area contributed by atoms with E-state index in [9.17, 15) is 0 Å². The van der Waals surface area contributed by atoms with Crippen LogP contribution in [0.5, 0.6) is 0 Å². The molecular formula is C4H3BrN2OS. The quantitative estimate of drug-likeness (QED) is 0.518. The van der Waals surface area contributed by atoms with Crippen LogP contribution >= 0.6 is 28.1 Å². The SMILES string of the molecule is On1nccc(Br)c1=S. The molecule has 0 aliphatic rings. The van der Waals surface area contributed by atoms with Gasteiger partial charge in [-0.05, 0) is 22.0 Å². The van der Waals surface area contributed by atoms with Crippen LogP contribution in [0.2, 0.25) is 0 Å². The summed E-state index contributed by atoms with van der Waals surface area (Å²) in [5.41, 5.74) is 0. The van der Waals surface area contributed by atoms with Gasteiger partial charge in [-0.1, -0.05) is 17.1 Å². The Morgan fingerprint density at radius 1 is 1.78 bits per heavy atom. The molecule has 0 spiro atoms. The standard InChI is InChI=1S/C4H3BrN2OS/c5-3-1-2-6-7(8)4(3)9/h1-2,8H. The number of rotatable bonds is 0. The predicted molar refractivity (Wildman–Crippen MR) is 37.9 cm³/mol. The maximum absolute atomic E-state index is 8.77. The molecular weight excluding hydrogens is 204 g/mol. The molecule has 0 fully saturated rings. The summed E-state index contributed by atoms with van der Waals surface area (Å²) < 4.78 is 0.938. The fourth-order valence-electron chi connectivity index (χ4n) is 0.381. The molecule has 0 aliphatic carbocycles. The Labute approximate surface area is 65.0 Å². The van der Waals surface area contributed by atoms with Crippen molar-refractivity contribution in [2.45, 2.75) is 0 Å². The van der Waals surface area contributed by atoms with E-state index in [-0.39, 0.29) is 4.64 Å². The van der Waals surface area contributed by atoms with Crippen molar-refractivity contribution in [3.8, 4) is 0 Å². The second-order valence-electron chi connectivity index (χ2n) is 1.37. The van der Waals surface area contributed by atoms with E-state index in [1.54, 1.807) is 6.07 Å². The fourth-order valence-corrected chi connectivity index (χ4v) is 0.773. The molecule has 0 saturated heterocycles. The van der Waals surface area contributed by atoms with E-state index in [1.165, 1.54) is 6.20 Å². The minimum Gasteiger partial charge on any atom is -0.411 e. The number of aromatic nitrogens is 2. The highest BCUT2D eigenvalue weighted by molar-refractivity contribution is 9.10. The van der Waals surface area contributed by atoms with Crippen molar-refractivity contribution in [3.05, 3.63) is 21.4 Å². The zero-order chi connectivity index (χ0) is 6.85. The Bertz CT molecular complexity index is 248. The monoisotopic (exact) mass is 206 g/mol. The van der Waals surface area contributed by atoms with Crippen LogP contribution in [0, 0.1) is 4.64 Å². The highest BCUT2D eigenvalue weighted by Gasteiger charge is 1.91. The maximum Gasteiger partial charge on any atom is 0.178 e. The lowest BCUT2D eigenvalue weighted by Crippen LogP contribution is -1.97. The highest BCUT2D eigenvalue weighted by Crippen LogP contribution is 2.07. The summed E-state index contributed by atoms with van der Waals surface area (Å²) in [6.45, 7) is 0. The van der Waals surface area contributed by atoms with E-state index in [4.69, 9.17) is 17.4 Å². The Morgan fingerprint density at radius 3 is 2.89 bits per heavy atom. The molecule has 5 heteroatoms. The summed E-state index contributed by atoms with van der Waals surface area (Å²) >= 11 is 7.82. The van der Waals surface area contributed by atoms with Crippen LogP contribution in [0.3, 0.4) is 0 Å². The summed E-state index contributed by atoms with van der Waals surface area (Å²) in [5.74, 6) is 0. The fraction of sp³-hybridized carbons (Fsp3) is 0. The third-order valence-electron chi connectivity index (χ3n) is 0.783. The van der Waals surface area contributed by atoms with Gasteiger partial charge in [0.05, 0.1) is 10.7 Å². The van der Waals surface area contributed by atoms with Crippen molar-refractivity contribution >= 4 is 28.1 Å². The van der Waals surface area contributed by atoms with Crippen LogP contribution in [0.15, 0.2) is 16.7 Å². The van der Waals surface area contributed by atoms with Gasteiger partial charge in [0.25, 0.3) is 0 Å². The lowest BCUT2D eigenvalue weighted by molar-refractivity contribution is 0.139. The molecule has 1 N–H and O–H groups in total. The van der Waals surface area contributed by atoms with Gasteiger partial charge in [0, 0.05) is 0 Å². The molecule has 0 bridgehead atoms. The normalized spacial score (nSPS) is 9.44. The third-order valence-corrected chi connectivity index (χ3v) is 2.07. The van der Waals surface area contributed by atoms with Crippen LogP contribution in [0.1, 0.15) is 0 Å². The van der Waals surface area contributed by atoms with Crippen LogP contribution in [0.25, 0.3) is 0 Å². The van der Waals surface area contributed by atoms with E-state index in [0.717, 1.165) is 0 Å². The predicted octanol–water partition coefficient (Wildman–Crippen LogP) is 1.61. The topological polar surface area (TPSA) is 38.0 Å². The summed E-state index contributed by atoms with van der Waals surface area (Å²) in [5, 5.41) is 12.2. The first-order valence-corrected chi connectivity index (χ1v) is 3.35. The zero-order valence-electron chi connectivity index (χ0n) is 4.28. The van der Waals surface area contributed by atoms with E-state index in [0.29, 0.717) is 9.32 Å². The minimum atomic E-state index is 0.275. The van der Waals surface area contributed by atoms with E-state index in [1.807, 2.05) is 0 Å². The Hall–Kier alpha value is -0.420. The largest absolute Gasteiger partial charge is 0.411 e. The first-order valence-electron chi connectivity index (χ1n) is 2.15. The molecule has 48 valence electrons. The Balaban J connectivity index is 3.43. The van der Waals surface area contributed by atoms with Gasteiger partial charge in [0.2, 0.25) is 0 Å². The van der Waals surface area contributed by atoms with Gasteiger partial charge in [-0.2, -0.15) is 0 Å². The number of nitrogens with zero attached hydrogens (tertiary/aromatic N) is 2. The summed E-state index contributed by atoms with van der Waals surface area (Å²) in [6, 6.07) is 1.66. The van der Waals surface area contributed by atoms with Gasteiger partial charge in [-0.3, -0.25) is 0 Å². The maximum atomic E-state index is 8.77. The lowest BCUT2D eigenvalue weighted by atomic mass is 10.6. The van der Waals surface area contributed by atoms with Crippen LogP contribution in [-0.4, -0.2) is 15.2 Å². The first kappa shape index (κ1) is 6.70. The van der Waals surface area contributed by atoms with Gasteiger partial charge >= 0.3 is 0 Å². The summed E-state index contributed by atoms with van der Waals surface area (Å²) in [6.07, 6.45) is 1.44. The van der Waals surface area contributed by atoms with Crippen LogP contribution in [0.4, 0.5) is 0 Å². The zero-order valence-corrected chi connectivity index (χ0v) is 6.69. The summed E-state index contributed by atoms with van der Waals surface area (Å²) in [7, 11) is 0. The average molecular weight is 207 g/mol. The second kappa shape index (κ2) is 2.45. The lowest BCUT2D eigenvalue weighted by Gasteiger charge is -1.93. The van der Waals surface area contributed by atoms with Gasteiger partial charge in [-0.25, -0.2) is 0 Å². The van der Waals surface area contributed by atoms with Crippen molar-refractivity contribution in [3.63, 3.8) is 0 Å². The molecule has 1 rings (SSSR count). The van der Waals surface area contributed by atoms with Gasteiger partial charge in [0.1, 0.15) is 0 Å². The second-order valence-corrected chi connectivity index (χ2v) is 2.61. The highest BCUT2D eigenvalue weighted by atomic mass is 79.9. The molecule has 0 aromatic carbocycles. The van der Waals surface area contributed by atoms with Gasteiger partial charge < -0.3 is 5.21 Å². The molecule has 0 radical (unpaired) electrons. The van der Waals surface area contributed by atoms with Crippen molar-refractivity contribution < 1.29 is 5.21 Å². The molecule has 0 aliphatic heterocycles. The number of hydrogen-bond acceptors (Lipinski definition) is 3. The number of hydrogen-bond donors (Lipinski definition) is 1. The molecule has 0 saturated carbocycles. The van der Waals surface area contributed by atoms with Crippen molar-refractivity contribution in [2.24, 2.45) is 0 Å². The van der Waals surface area contributed by atoms with E-state index < -0.39 is 0 Å². The molecule has 0 atom stereocenters. The molecule has 1 heterocycles. The Morgan fingerprint density at radius 2 is 2.44 bits per heavy atom. The average Bonchev–Trinajstić information content (AvgIpc) is 1.83. The molecule has 1 aromatic heterocycles. The van der Waals surface area contributed by atoms with Crippen molar-refractivity contribution in [1.82, 2.24) is 9.94 Å². The number of halogens is 1. The van der Waals surface area contributed by atoms with Crippen molar-refractivity contribution in [1.29, 1.82) is 0 Å². The molecule has 0 amide bonds. The van der Waals surface area contributed by atoms with E-state index in [2.05, 4.69) is 21.0 Å². The van der Waals surface area contributed by atoms with Crippen LogP contribution < -0.4 is 0 Å². The smallest absolute Gasteiger partial charge is 0.178 e. The van der Waals surface area contributed by atoms with Crippen molar-refractivity contribution in [2.75, 3.05) is 0 Å². The van der Waals surface area contributed by atoms with E-state index >= 15 is 0 Å². The summed E-state index contributed by atoms with van der Waals surface area (Å²) in [4.78, 5) is 0.638. The third kappa shape index (κ3) is 1.28. The molecule has 0 unspecified atom stereocenters. The Kier molecular flexibility index (Phi) is 1.82. The molecule has 1 aromatic rings. The van der Waals surface area contributed by atoms with Gasteiger partial charge in [0.15, 0.2) is 4.64 Å². The van der Waals surface area contributed by atoms with Crippen LogP contribution in [-0.2, 0) is 0 Å². The minimum absolute atomic E-state index is 0.275. The first-order chi connectivity index (χ1) is 4.22.